The summed E-state index contributed by atoms with van der Waals surface area (Å²) < 4.78 is 5.41. The van der Waals surface area contributed by atoms with Crippen molar-refractivity contribution < 1.29 is 9.53 Å². The van der Waals surface area contributed by atoms with E-state index in [1.165, 1.54) is 0 Å². The van der Waals surface area contributed by atoms with E-state index in [0.29, 0.717) is 27.9 Å². The average Bonchev–Trinajstić information content (AvgIpc) is 2.38. The van der Waals surface area contributed by atoms with Crippen molar-refractivity contribution >= 4 is 34.9 Å². The van der Waals surface area contributed by atoms with E-state index in [1.54, 1.807) is 12.1 Å². The Morgan fingerprint density at radius 3 is 2.47 bits per heavy atom. The molecule has 0 N–H and O–H groups in total. The molecule has 0 amide bonds. The fourth-order valence-corrected chi connectivity index (χ4v) is 2.29. The second-order valence-electron chi connectivity index (χ2n) is 4.82. The van der Waals surface area contributed by atoms with Gasteiger partial charge >= 0.3 is 0 Å². The molecular weight excluding hydrogens is 285 g/mol. The summed E-state index contributed by atoms with van der Waals surface area (Å²) in [4.78, 5) is 16.3. The Labute approximate surface area is 122 Å². The first-order chi connectivity index (χ1) is 8.87. The van der Waals surface area contributed by atoms with Crippen molar-refractivity contribution in [3.63, 3.8) is 0 Å². The molecule has 1 aromatic carbocycles. The van der Waals surface area contributed by atoms with Gasteiger partial charge in [-0.3, -0.25) is 4.79 Å². The summed E-state index contributed by atoms with van der Waals surface area (Å²) in [5.74, 6) is 0.413. The second kappa shape index (κ2) is 5.14. The van der Waals surface area contributed by atoms with Crippen LogP contribution in [0.2, 0.25) is 10.0 Å². The first kappa shape index (κ1) is 14.4. The Hall–Kier alpha value is -1.06. The van der Waals surface area contributed by atoms with Crippen molar-refractivity contribution in [2.45, 2.75) is 32.7 Å². The van der Waals surface area contributed by atoms with Crippen molar-refractivity contribution in [3.05, 3.63) is 33.3 Å². The molecule has 0 saturated carbocycles. The summed E-state index contributed by atoms with van der Waals surface area (Å²) in [5, 5.41) is 1.12. The van der Waals surface area contributed by atoms with Crippen LogP contribution in [0, 0.1) is 6.92 Å². The number of halogens is 2. The molecule has 0 radical (unpaired) electrons. The Balaban J connectivity index is 2.48. The van der Waals surface area contributed by atoms with Gasteiger partial charge in [-0.15, -0.1) is 0 Å². The van der Waals surface area contributed by atoms with Crippen LogP contribution in [0.1, 0.15) is 31.4 Å². The van der Waals surface area contributed by atoms with Gasteiger partial charge in [0.15, 0.2) is 12.4 Å². The minimum Gasteiger partial charge on any atom is -0.469 e. The molecule has 0 aromatic heterocycles. The average molecular weight is 300 g/mol. The predicted octanol–water partition coefficient (Wildman–Crippen LogP) is 3.82. The van der Waals surface area contributed by atoms with Gasteiger partial charge in [0.25, 0.3) is 0 Å². The number of Topliss-reactive ketones (excluding diaryl/α,β-unsaturated/α-hetero) is 1. The fraction of sp³-hybridized carbons (Fsp3) is 0.429. The molecule has 102 valence electrons. The first-order valence-electron chi connectivity index (χ1n) is 6.09. The highest BCUT2D eigenvalue weighted by Gasteiger charge is 2.35. The molecule has 0 fully saturated rings. The SMILES string of the molecule is CCC1(C)N=C(c2cc(Cl)c(C)c(Cl)c2)OCC1=O. The quantitative estimate of drug-likeness (QED) is 0.833. The number of aliphatic imine (C=N–C) groups is 1. The molecule has 1 aromatic rings. The Kier molecular flexibility index (Phi) is 3.88. The largest absolute Gasteiger partial charge is 0.469 e. The molecule has 0 bridgehead atoms. The van der Waals surface area contributed by atoms with Crippen LogP contribution in [0.15, 0.2) is 17.1 Å². The van der Waals surface area contributed by atoms with E-state index in [2.05, 4.69) is 4.99 Å². The van der Waals surface area contributed by atoms with Crippen LogP contribution in [0.4, 0.5) is 0 Å². The topological polar surface area (TPSA) is 38.7 Å². The third-order valence-corrected chi connectivity index (χ3v) is 4.29. The van der Waals surface area contributed by atoms with Crippen molar-refractivity contribution in [3.8, 4) is 0 Å². The molecule has 0 aliphatic carbocycles. The standard InChI is InChI=1S/C14H15Cl2NO2/c1-4-14(3)12(18)7-19-13(17-14)9-5-10(15)8(2)11(16)6-9/h5-6H,4,7H2,1-3H3. The molecule has 3 nitrogen and oxygen atoms in total. The predicted molar refractivity (Wildman–Crippen MR) is 77.4 cm³/mol. The van der Waals surface area contributed by atoms with Gasteiger partial charge in [-0.05, 0) is 38.0 Å². The molecule has 1 aliphatic rings. The van der Waals surface area contributed by atoms with Crippen molar-refractivity contribution in [1.82, 2.24) is 0 Å². The maximum atomic E-state index is 11.8. The number of carbonyl (C=O) groups excluding carboxylic acids is 1. The third kappa shape index (κ3) is 2.63. The van der Waals surface area contributed by atoms with Crippen molar-refractivity contribution in [1.29, 1.82) is 0 Å². The number of ether oxygens (including phenoxy) is 1. The van der Waals surface area contributed by atoms with Crippen molar-refractivity contribution in [2.24, 2.45) is 4.99 Å². The van der Waals surface area contributed by atoms with Crippen molar-refractivity contribution in [2.75, 3.05) is 6.61 Å². The highest BCUT2D eigenvalue weighted by molar-refractivity contribution is 6.36. The van der Waals surface area contributed by atoms with E-state index >= 15 is 0 Å². The normalized spacial score (nSPS) is 23.0. The van der Waals surface area contributed by atoms with Crippen LogP contribution < -0.4 is 0 Å². The molecule has 1 heterocycles. The minimum atomic E-state index is -0.725. The van der Waals surface area contributed by atoms with Crippen LogP contribution in [0.25, 0.3) is 0 Å². The molecule has 1 aliphatic heterocycles. The molecule has 19 heavy (non-hydrogen) atoms. The molecule has 2 rings (SSSR count). The lowest BCUT2D eigenvalue weighted by molar-refractivity contribution is -0.127. The molecular formula is C14H15Cl2NO2. The molecule has 0 saturated heterocycles. The molecule has 5 heteroatoms. The van der Waals surface area contributed by atoms with Gasteiger partial charge in [0.05, 0.1) is 0 Å². The van der Waals surface area contributed by atoms with Gasteiger partial charge < -0.3 is 4.74 Å². The number of ketones is 1. The summed E-state index contributed by atoms with van der Waals surface area (Å²) >= 11 is 12.2. The van der Waals surface area contributed by atoms with Gasteiger partial charge in [-0.1, -0.05) is 30.1 Å². The highest BCUT2D eigenvalue weighted by Crippen LogP contribution is 2.28. The van der Waals surface area contributed by atoms with E-state index in [9.17, 15) is 4.79 Å². The summed E-state index contributed by atoms with van der Waals surface area (Å²) in [5.41, 5.74) is 0.794. The number of benzene rings is 1. The number of hydrogen-bond acceptors (Lipinski definition) is 3. The first-order valence-corrected chi connectivity index (χ1v) is 6.85. The maximum absolute atomic E-state index is 11.8. The van der Waals surface area contributed by atoms with Crippen LogP contribution >= 0.6 is 23.2 Å². The van der Waals surface area contributed by atoms with E-state index in [1.807, 2.05) is 20.8 Å². The van der Waals surface area contributed by atoms with Gasteiger partial charge in [-0.25, -0.2) is 4.99 Å². The Morgan fingerprint density at radius 2 is 1.95 bits per heavy atom. The zero-order valence-corrected chi connectivity index (χ0v) is 12.6. The van der Waals surface area contributed by atoms with Gasteiger partial charge in [0.2, 0.25) is 5.90 Å². The molecule has 1 atom stereocenters. The smallest absolute Gasteiger partial charge is 0.217 e. The van der Waals surface area contributed by atoms with Gasteiger partial charge in [-0.2, -0.15) is 0 Å². The minimum absolute atomic E-state index is 0.0111. The lowest BCUT2D eigenvalue weighted by atomic mass is 9.93. The maximum Gasteiger partial charge on any atom is 0.217 e. The van der Waals surface area contributed by atoms with Crippen LogP contribution in [0.5, 0.6) is 0 Å². The van der Waals surface area contributed by atoms with Gasteiger partial charge in [0, 0.05) is 15.6 Å². The van der Waals surface area contributed by atoms with E-state index in [0.717, 1.165) is 5.56 Å². The van der Waals surface area contributed by atoms with Crippen LogP contribution in [0.3, 0.4) is 0 Å². The summed E-state index contributed by atoms with van der Waals surface area (Å²) in [6, 6.07) is 3.51. The zero-order chi connectivity index (χ0) is 14.2. The number of carbonyl (C=O) groups is 1. The monoisotopic (exact) mass is 299 g/mol. The number of nitrogens with zero attached hydrogens (tertiary/aromatic N) is 1. The molecule has 1 unspecified atom stereocenters. The molecule has 0 spiro atoms. The lowest BCUT2D eigenvalue weighted by Gasteiger charge is -2.28. The Morgan fingerprint density at radius 1 is 1.37 bits per heavy atom. The summed E-state index contributed by atoms with van der Waals surface area (Å²) in [6.07, 6.45) is 0.631. The number of rotatable bonds is 2. The summed E-state index contributed by atoms with van der Waals surface area (Å²) in [7, 11) is 0. The second-order valence-corrected chi connectivity index (χ2v) is 5.64. The fourth-order valence-electron chi connectivity index (χ4n) is 1.80. The third-order valence-electron chi connectivity index (χ3n) is 3.51. The van der Waals surface area contributed by atoms with Gasteiger partial charge in [0.1, 0.15) is 5.54 Å². The van der Waals surface area contributed by atoms with Crippen LogP contribution in [-0.2, 0) is 9.53 Å². The number of hydrogen-bond donors (Lipinski definition) is 0. The highest BCUT2D eigenvalue weighted by atomic mass is 35.5. The van der Waals surface area contributed by atoms with E-state index < -0.39 is 5.54 Å². The zero-order valence-electron chi connectivity index (χ0n) is 11.1. The Bertz CT molecular complexity index is 546. The van der Waals surface area contributed by atoms with E-state index in [4.69, 9.17) is 27.9 Å². The van der Waals surface area contributed by atoms with E-state index in [-0.39, 0.29) is 12.4 Å². The lowest BCUT2D eigenvalue weighted by Crippen LogP contribution is -2.41. The van der Waals surface area contributed by atoms with Crippen LogP contribution in [-0.4, -0.2) is 23.8 Å². The summed E-state index contributed by atoms with van der Waals surface area (Å²) in [6.45, 7) is 5.62.